The summed E-state index contributed by atoms with van der Waals surface area (Å²) in [6.45, 7) is 8.13. The quantitative estimate of drug-likeness (QED) is 0.845. The normalized spacial score (nSPS) is 18.3. The number of benzene rings is 1. The molecule has 3 rings (SSSR count). The topological polar surface area (TPSA) is 61.9 Å². The molecule has 6 nitrogen and oxygen atoms in total. The van der Waals surface area contributed by atoms with Gasteiger partial charge in [0.05, 0.1) is 0 Å². The number of fused-ring (bicyclic) bond motifs is 1. The third-order valence-corrected chi connectivity index (χ3v) is 4.46. The van der Waals surface area contributed by atoms with E-state index in [1.807, 2.05) is 39.0 Å². The molecule has 0 aromatic heterocycles. The van der Waals surface area contributed by atoms with Crippen molar-refractivity contribution in [2.24, 2.45) is 0 Å². The number of hydrogen-bond acceptors (Lipinski definition) is 3. The van der Waals surface area contributed by atoms with Crippen molar-refractivity contribution in [2.75, 3.05) is 18.0 Å². The first kappa shape index (κ1) is 17.6. The lowest BCUT2D eigenvalue weighted by molar-refractivity contribution is 0.0242. The fourth-order valence-corrected chi connectivity index (χ4v) is 3.21. The van der Waals surface area contributed by atoms with Crippen molar-refractivity contribution >= 4 is 17.8 Å². The number of carbonyl (C=O) groups is 2. The summed E-state index contributed by atoms with van der Waals surface area (Å²) >= 11 is 0. The summed E-state index contributed by atoms with van der Waals surface area (Å²) in [5, 5.41) is 2.96. The van der Waals surface area contributed by atoms with Crippen molar-refractivity contribution in [2.45, 2.75) is 58.7 Å². The van der Waals surface area contributed by atoms with Crippen LogP contribution in [0.5, 0.6) is 0 Å². The predicted molar refractivity (Wildman–Crippen MR) is 96.5 cm³/mol. The standard InChI is InChI=1S/C19H27N3O3/c1-19(2,3)25-18(24)21-12-14-7-8-16(11-15(14)13-21)22-10-6-4-5-9-20-17(22)23/h7-8,11H,4-6,9-10,12-13H2,1-3H3,(H,20,23). The maximum Gasteiger partial charge on any atom is 0.410 e. The van der Waals surface area contributed by atoms with Gasteiger partial charge in [-0.15, -0.1) is 0 Å². The minimum Gasteiger partial charge on any atom is -0.444 e. The molecule has 1 aromatic rings. The molecule has 2 aliphatic heterocycles. The van der Waals surface area contributed by atoms with Gasteiger partial charge in [-0.05, 0) is 63.3 Å². The minimum atomic E-state index is -0.500. The summed E-state index contributed by atoms with van der Waals surface area (Å²) in [5.41, 5.74) is 2.59. The molecular weight excluding hydrogens is 318 g/mol. The van der Waals surface area contributed by atoms with Gasteiger partial charge < -0.3 is 10.1 Å². The maximum atomic E-state index is 12.3. The third-order valence-electron chi connectivity index (χ3n) is 4.46. The Kier molecular flexibility index (Phi) is 4.88. The molecule has 0 bridgehead atoms. The van der Waals surface area contributed by atoms with E-state index in [-0.39, 0.29) is 12.1 Å². The van der Waals surface area contributed by atoms with Gasteiger partial charge in [0.15, 0.2) is 0 Å². The number of nitrogens with one attached hydrogen (secondary N) is 1. The lowest BCUT2D eigenvalue weighted by Gasteiger charge is -2.26. The highest BCUT2D eigenvalue weighted by atomic mass is 16.6. The first-order valence-corrected chi connectivity index (χ1v) is 8.98. The fourth-order valence-electron chi connectivity index (χ4n) is 3.21. The van der Waals surface area contributed by atoms with Crippen LogP contribution >= 0.6 is 0 Å². The van der Waals surface area contributed by atoms with Crippen LogP contribution < -0.4 is 10.2 Å². The lowest BCUT2D eigenvalue weighted by Crippen LogP contribution is -2.42. The Morgan fingerprint density at radius 3 is 2.64 bits per heavy atom. The highest BCUT2D eigenvalue weighted by molar-refractivity contribution is 5.92. The van der Waals surface area contributed by atoms with Crippen LogP contribution in [0.25, 0.3) is 0 Å². The van der Waals surface area contributed by atoms with Crippen molar-refractivity contribution in [1.29, 1.82) is 0 Å². The molecule has 3 amide bonds. The molecule has 0 aliphatic carbocycles. The van der Waals surface area contributed by atoms with Crippen LogP contribution in [0, 0.1) is 0 Å². The summed E-state index contributed by atoms with van der Waals surface area (Å²) in [6.07, 6.45) is 2.87. The van der Waals surface area contributed by atoms with E-state index >= 15 is 0 Å². The Bertz CT molecular complexity index is 666. The average molecular weight is 345 g/mol. The zero-order valence-corrected chi connectivity index (χ0v) is 15.3. The van der Waals surface area contributed by atoms with E-state index in [0.29, 0.717) is 13.1 Å². The number of ether oxygens (including phenoxy) is 1. The van der Waals surface area contributed by atoms with E-state index < -0.39 is 5.60 Å². The van der Waals surface area contributed by atoms with Gasteiger partial charge in [0, 0.05) is 31.9 Å². The summed E-state index contributed by atoms with van der Waals surface area (Å²) in [6, 6.07) is 5.97. The van der Waals surface area contributed by atoms with Gasteiger partial charge in [-0.2, -0.15) is 0 Å². The van der Waals surface area contributed by atoms with E-state index in [2.05, 4.69) is 5.32 Å². The molecule has 0 radical (unpaired) electrons. The zero-order valence-electron chi connectivity index (χ0n) is 15.3. The van der Waals surface area contributed by atoms with Crippen LogP contribution in [0.2, 0.25) is 0 Å². The molecule has 1 fully saturated rings. The highest BCUT2D eigenvalue weighted by Gasteiger charge is 2.28. The third kappa shape index (κ3) is 4.24. The number of amides is 3. The Labute approximate surface area is 149 Å². The maximum absolute atomic E-state index is 12.3. The molecular formula is C19H27N3O3. The highest BCUT2D eigenvalue weighted by Crippen LogP contribution is 2.29. The predicted octanol–water partition coefficient (Wildman–Crippen LogP) is 3.64. The van der Waals surface area contributed by atoms with E-state index in [4.69, 9.17) is 4.74 Å². The van der Waals surface area contributed by atoms with Gasteiger partial charge in [-0.1, -0.05) is 6.07 Å². The molecule has 2 aliphatic rings. The number of anilines is 1. The van der Waals surface area contributed by atoms with Crippen molar-refractivity contribution in [3.8, 4) is 0 Å². The largest absolute Gasteiger partial charge is 0.444 e. The fraction of sp³-hybridized carbons (Fsp3) is 0.579. The first-order chi connectivity index (χ1) is 11.8. The second-order valence-electron chi connectivity index (χ2n) is 7.73. The molecule has 1 saturated heterocycles. The van der Waals surface area contributed by atoms with Gasteiger partial charge in [0.1, 0.15) is 5.60 Å². The molecule has 1 aromatic carbocycles. The Morgan fingerprint density at radius 1 is 1.12 bits per heavy atom. The zero-order chi connectivity index (χ0) is 18.0. The van der Waals surface area contributed by atoms with Crippen molar-refractivity contribution in [3.63, 3.8) is 0 Å². The molecule has 2 heterocycles. The molecule has 0 atom stereocenters. The van der Waals surface area contributed by atoms with Crippen LogP contribution in [0.4, 0.5) is 15.3 Å². The Morgan fingerprint density at radius 2 is 1.88 bits per heavy atom. The number of carbonyl (C=O) groups excluding carboxylic acids is 2. The molecule has 0 unspecified atom stereocenters. The lowest BCUT2D eigenvalue weighted by atomic mass is 10.1. The Hall–Kier alpha value is -2.24. The van der Waals surface area contributed by atoms with E-state index in [1.165, 1.54) is 0 Å². The molecule has 25 heavy (non-hydrogen) atoms. The van der Waals surface area contributed by atoms with Crippen molar-refractivity contribution < 1.29 is 14.3 Å². The minimum absolute atomic E-state index is 0.0401. The monoisotopic (exact) mass is 345 g/mol. The second kappa shape index (κ2) is 6.94. The Balaban J connectivity index is 1.73. The first-order valence-electron chi connectivity index (χ1n) is 8.98. The van der Waals surface area contributed by atoms with E-state index in [1.54, 1.807) is 9.80 Å². The summed E-state index contributed by atoms with van der Waals surface area (Å²) in [5.74, 6) is 0. The van der Waals surface area contributed by atoms with Crippen LogP contribution in [0.3, 0.4) is 0 Å². The van der Waals surface area contributed by atoms with Gasteiger partial charge in [-0.25, -0.2) is 9.59 Å². The smallest absolute Gasteiger partial charge is 0.410 e. The van der Waals surface area contributed by atoms with Gasteiger partial charge >= 0.3 is 12.1 Å². The van der Waals surface area contributed by atoms with Crippen molar-refractivity contribution in [3.05, 3.63) is 29.3 Å². The molecule has 136 valence electrons. The van der Waals surface area contributed by atoms with Gasteiger partial charge in [-0.3, -0.25) is 9.80 Å². The molecule has 0 spiro atoms. The average Bonchev–Trinajstić information content (AvgIpc) is 2.93. The molecule has 6 heteroatoms. The number of rotatable bonds is 1. The van der Waals surface area contributed by atoms with Crippen molar-refractivity contribution in [1.82, 2.24) is 10.2 Å². The van der Waals surface area contributed by atoms with Crippen LogP contribution in [0.15, 0.2) is 18.2 Å². The second-order valence-corrected chi connectivity index (χ2v) is 7.73. The summed E-state index contributed by atoms with van der Waals surface area (Å²) in [7, 11) is 0. The van der Waals surface area contributed by atoms with Crippen LogP contribution in [-0.4, -0.2) is 35.7 Å². The number of nitrogens with zero attached hydrogens (tertiary/aromatic N) is 2. The van der Waals surface area contributed by atoms with Crippen LogP contribution in [0.1, 0.15) is 51.2 Å². The van der Waals surface area contributed by atoms with E-state index in [9.17, 15) is 9.59 Å². The van der Waals surface area contributed by atoms with Gasteiger partial charge in [0.2, 0.25) is 0 Å². The SMILES string of the molecule is CC(C)(C)OC(=O)N1Cc2ccc(N3CCCCCNC3=O)cc2C1. The summed E-state index contributed by atoms with van der Waals surface area (Å²) < 4.78 is 5.46. The molecule has 0 saturated carbocycles. The number of urea groups is 1. The van der Waals surface area contributed by atoms with Gasteiger partial charge in [0.25, 0.3) is 0 Å². The van der Waals surface area contributed by atoms with Crippen LogP contribution in [-0.2, 0) is 17.8 Å². The summed E-state index contributed by atoms with van der Waals surface area (Å²) in [4.78, 5) is 28.1. The van der Waals surface area contributed by atoms with E-state index in [0.717, 1.165) is 49.2 Å². The number of hydrogen-bond donors (Lipinski definition) is 1. The molecule has 1 N–H and O–H groups in total.